The van der Waals surface area contributed by atoms with Gasteiger partial charge in [-0.15, -0.1) is 0 Å². The summed E-state index contributed by atoms with van der Waals surface area (Å²) in [5, 5.41) is 4.77. The molecule has 146 valence electrons. The van der Waals surface area contributed by atoms with Crippen molar-refractivity contribution in [2.75, 3.05) is 12.4 Å². The van der Waals surface area contributed by atoms with E-state index in [1.54, 1.807) is 49.2 Å². The smallest absolute Gasteiger partial charge is 0.293 e. The van der Waals surface area contributed by atoms with E-state index in [4.69, 9.17) is 14.9 Å². The number of rotatable bonds is 5. The number of fused-ring (bicyclic) bond motifs is 3. The molecule has 0 unspecified atom stereocenters. The van der Waals surface area contributed by atoms with Crippen LogP contribution < -0.4 is 20.4 Å². The standard InChI is InChI=1S/C22H19N3O4/c1-13(25-9-5-6-14(12-25)21(23)26)22(27)24-17-11-19-16(10-20(17)28-2)15-7-3-4-8-18(15)29-19/h3-13H,1-2H3,(H2-,23,24,26,27)/p+1/t13-/m1/s1. The third-order valence-corrected chi connectivity index (χ3v) is 4.89. The molecule has 7 heteroatoms. The van der Waals surface area contributed by atoms with Gasteiger partial charge >= 0.3 is 0 Å². The molecule has 0 spiro atoms. The van der Waals surface area contributed by atoms with Crippen LogP contribution >= 0.6 is 0 Å². The Labute approximate surface area is 166 Å². The van der Waals surface area contributed by atoms with Gasteiger partial charge in [0.15, 0.2) is 12.4 Å². The van der Waals surface area contributed by atoms with Crippen molar-refractivity contribution in [3.63, 3.8) is 0 Å². The van der Waals surface area contributed by atoms with Crippen LogP contribution in [0.2, 0.25) is 0 Å². The zero-order chi connectivity index (χ0) is 20.5. The lowest BCUT2D eigenvalue weighted by Crippen LogP contribution is -2.44. The molecular weight excluding hydrogens is 370 g/mol. The summed E-state index contributed by atoms with van der Waals surface area (Å²) in [6, 6.07) is 14.0. The SMILES string of the molecule is COc1cc2c(cc1NC(=O)[C@@H](C)[n+]1cccc(C(N)=O)c1)oc1ccccc12. The van der Waals surface area contributed by atoms with Gasteiger partial charge < -0.3 is 20.2 Å². The summed E-state index contributed by atoms with van der Waals surface area (Å²) >= 11 is 0. The fraction of sp³-hybridized carbons (Fsp3) is 0.136. The predicted octanol–water partition coefficient (Wildman–Crippen LogP) is 3.18. The molecule has 0 saturated heterocycles. The largest absolute Gasteiger partial charge is 0.495 e. The van der Waals surface area contributed by atoms with Crippen molar-refractivity contribution in [2.45, 2.75) is 13.0 Å². The number of aromatic nitrogens is 1. The van der Waals surface area contributed by atoms with Crippen molar-refractivity contribution in [3.05, 3.63) is 66.5 Å². The average Bonchev–Trinajstić information content (AvgIpc) is 3.09. The first-order valence-corrected chi connectivity index (χ1v) is 9.08. The second-order valence-corrected chi connectivity index (χ2v) is 6.72. The molecule has 3 N–H and O–H groups in total. The lowest BCUT2D eigenvalue weighted by Gasteiger charge is -2.12. The maximum Gasteiger partial charge on any atom is 0.293 e. The van der Waals surface area contributed by atoms with Gasteiger partial charge in [-0.25, -0.2) is 0 Å². The first kappa shape index (κ1) is 18.5. The van der Waals surface area contributed by atoms with E-state index >= 15 is 0 Å². The maximum atomic E-state index is 12.8. The van der Waals surface area contributed by atoms with Crippen LogP contribution in [0.25, 0.3) is 21.9 Å². The second kappa shape index (κ2) is 7.27. The van der Waals surface area contributed by atoms with Gasteiger partial charge in [-0.1, -0.05) is 18.2 Å². The molecule has 0 radical (unpaired) electrons. The number of hydrogen-bond donors (Lipinski definition) is 2. The van der Waals surface area contributed by atoms with Gasteiger partial charge in [0.1, 0.15) is 22.5 Å². The van der Waals surface area contributed by atoms with Crippen LogP contribution in [0.3, 0.4) is 0 Å². The van der Waals surface area contributed by atoms with Crippen LogP contribution in [0.15, 0.2) is 65.3 Å². The molecule has 0 aliphatic carbocycles. The minimum atomic E-state index is -0.578. The van der Waals surface area contributed by atoms with Gasteiger partial charge in [0.2, 0.25) is 6.04 Å². The van der Waals surface area contributed by atoms with Crippen LogP contribution in [0.4, 0.5) is 5.69 Å². The number of benzene rings is 2. The Kier molecular flexibility index (Phi) is 4.64. The number of nitrogens with two attached hydrogens (primary N) is 1. The molecule has 2 heterocycles. The van der Waals surface area contributed by atoms with Gasteiger partial charge in [0.25, 0.3) is 11.8 Å². The molecule has 0 aliphatic heterocycles. The van der Waals surface area contributed by atoms with Gasteiger partial charge in [-0.05, 0) is 18.2 Å². The first-order chi connectivity index (χ1) is 14.0. The highest BCUT2D eigenvalue weighted by Gasteiger charge is 2.24. The molecule has 1 atom stereocenters. The summed E-state index contributed by atoms with van der Waals surface area (Å²) in [6.45, 7) is 1.73. The number of carbonyl (C=O) groups excluding carboxylic acids is 2. The number of anilines is 1. The molecule has 2 amide bonds. The Morgan fingerprint density at radius 3 is 2.66 bits per heavy atom. The van der Waals surface area contributed by atoms with Gasteiger partial charge in [-0.3, -0.25) is 9.59 Å². The Bertz CT molecular complexity index is 1250. The van der Waals surface area contributed by atoms with E-state index in [-0.39, 0.29) is 5.91 Å². The zero-order valence-electron chi connectivity index (χ0n) is 16.0. The first-order valence-electron chi connectivity index (χ1n) is 9.08. The van der Waals surface area contributed by atoms with Crippen molar-refractivity contribution < 1.29 is 23.3 Å². The lowest BCUT2D eigenvalue weighted by molar-refractivity contribution is -0.705. The summed E-state index contributed by atoms with van der Waals surface area (Å²) in [5.41, 5.74) is 7.57. The molecular formula is C22H20N3O4+. The van der Waals surface area contributed by atoms with E-state index < -0.39 is 11.9 Å². The van der Waals surface area contributed by atoms with Crippen molar-refractivity contribution in [3.8, 4) is 5.75 Å². The number of furan rings is 1. The summed E-state index contributed by atoms with van der Waals surface area (Å²) in [6.07, 6.45) is 3.25. The normalized spacial score (nSPS) is 12.1. The minimum Gasteiger partial charge on any atom is -0.495 e. The summed E-state index contributed by atoms with van der Waals surface area (Å²) in [5.74, 6) is -0.296. The molecule has 7 nitrogen and oxygen atoms in total. The van der Waals surface area contributed by atoms with Crippen LogP contribution in [0.5, 0.6) is 5.75 Å². The van der Waals surface area contributed by atoms with Crippen LogP contribution in [-0.2, 0) is 4.79 Å². The van der Waals surface area contributed by atoms with Crippen molar-refractivity contribution in [1.29, 1.82) is 0 Å². The van der Waals surface area contributed by atoms with E-state index in [2.05, 4.69) is 5.32 Å². The highest BCUT2D eigenvalue weighted by molar-refractivity contribution is 6.07. The number of para-hydroxylation sites is 1. The highest BCUT2D eigenvalue weighted by Crippen LogP contribution is 2.36. The van der Waals surface area contributed by atoms with E-state index in [0.717, 1.165) is 16.4 Å². The highest BCUT2D eigenvalue weighted by atomic mass is 16.5. The third kappa shape index (κ3) is 3.38. The maximum absolute atomic E-state index is 12.8. The fourth-order valence-corrected chi connectivity index (χ4v) is 3.27. The predicted molar refractivity (Wildman–Crippen MR) is 109 cm³/mol. The number of pyridine rings is 1. The molecule has 4 rings (SSSR count). The van der Waals surface area contributed by atoms with Crippen molar-refractivity contribution >= 4 is 39.4 Å². The number of nitrogens with zero attached hydrogens (tertiary/aromatic N) is 1. The second-order valence-electron chi connectivity index (χ2n) is 6.72. The van der Waals surface area contributed by atoms with E-state index in [9.17, 15) is 9.59 Å². The Morgan fingerprint density at radius 2 is 1.90 bits per heavy atom. The van der Waals surface area contributed by atoms with Crippen LogP contribution in [0.1, 0.15) is 23.3 Å². The minimum absolute atomic E-state index is 0.273. The van der Waals surface area contributed by atoms with E-state index in [1.807, 2.05) is 30.3 Å². The summed E-state index contributed by atoms with van der Waals surface area (Å²) in [4.78, 5) is 24.2. The summed E-state index contributed by atoms with van der Waals surface area (Å²) < 4.78 is 13.0. The van der Waals surface area contributed by atoms with Crippen LogP contribution in [0, 0.1) is 0 Å². The molecule has 0 fully saturated rings. The lowest BCUT2D eigenvalue weighted by atomic mass is 10.1. The van der Waals surface area contributed by atoms with Gasteiger partial charge in [0, 0.05) is 29.8 Å². The molecule has 2 aromatic carbocycles. The molecule has 4 aromatic rings. The quantitative estimate of drug-likeness (QED) is 0.511. The van der Waals surface area contributed by atoms with Gasteiger partial charge in [-0.2, -0.15) is 4.57 Å². The van der Waals surface area contributed by atoms with Crippen LogP contribution in [-0.4, -0.2) is 18.9 Å². The molecule has 0 bridgehead atoms. The Morgan fingerprint density at radius 1 is 1.10 bits per heavy atom. The summed E-state index contributed by atoms with van der Waals surface area (Å²) in [7, 11) is 1.55. The van der Waals surface area contributed by atoms with E-state index in [0.29, 0.717) is 22.6 Å². The molecule has 29 heavy (non-hydrogen) atoms. The number of hydrogen-bond acceptors (Lipinski definition) is 4. The number of carbonyl (C=O) groups is 2. The van der Waals surface area contributed by atoms with Crippen molar-refractivity contribution in [1.82, 2.24) is 0 Å². The number of nitrogens with one attached hydrogen (secondary N) is 1. The van der Waals surface area contributed by atoms with Gasteiger partial charge in [0.05, 0.1) is 12.8 Å². The Balaban J connectivity index is 1.67. The number of ether oxygens (including phenoxy) is 1. The molecule has 2 aromatic heterocycles. The third-order valence-electron chi connectivity index (χ3n) is 4.89. The topological polar surface area (TPSA) is 98.4 Å². The van der Waals surface area contributed by atoms with Crippen molar-refractivity contribution in [2.24, 2.45) is 5.73 Å². The number of methoxy groups -OCH3 is 1. The Hall–Kier alpha value is -3.87. The zero-order valence-corrected chi connectivity index (χ0v) is 16.0. The number of amides is 2. The fourth-order valence-electron chi connectivity index (χ4n) is 3.27. The van der Waals surface area contributed by atoms with E-state index in [1.165, 1.54) is 0 Å². The average molecular weight is 390 g/mol. The molecule has 0 saturated carbocycles. The number of primary amides is 1. The molecule has 0 aliphatic rings. The monoisotopic (exact) mass is 390 g/mol.